The number of hydrogen-bond acceptors (Lipinski definition) is 6. The number of nitrogens with zero attached hydrogens (tertiary/aromatic N) is 2. The second-order valence-corrected chi connectivity index (χ2v) is 10.5. The molecule has 11 heteroatoms. The van der Waals surface area contributed by atoms with Gasteiger partial charge in [-0.1, -0.05) is 35.3 Å². The Balaban J connectivity index is 1.54. The van der Waals surface area contributed by atoms with Gasteiger partial charge in [0.05, 0.1) is 35.1 Å². The highest BCUT2D eigenvalue weighted by Crippen LogP contribution is 2.37. The molecule has 0 radical (unpaired) electrons. The van der Waals surface area contributed by atoms with Crippen LogP contribution in [0.2, 0.25) is 10.0 Å². The van der Waals surface area contributed by atoms with Crippen molar-refractivity contribution in [1.82, 2.24) is 10.3 Å². The lowest BCUT2D eigenvalue weighted by atomic mass is 9.76. The molecule has 3 aromatic rings. The van der Waals surface area contributed by atoms with Crippen molar-refractivity contribution in [3.8, 4) is 5.75 Å². The van der Waals surface area contributed by atoms with Gasteiger partial charge in [0.1, 0.15) is 12.4 Å². The minimum absolute atomic E-state index is 0.0648. The minimum Gasteiger partial charge on any atom is -0.755 e. The smallest absolute Gasteiger partial charge is 0.407 e. The van der Waals surface area contributed by atoms with Gasteiger partial charge < -0.3 is 19.3 Å². The average molecular weight is 578 g/mol. The van der Waals surface area contributed by atoms with E-state index in [0.717, 1.165) is 24.0 Å². The van der Waals surface area contributed by atoms with E-state index in [1.165, 1.54) is 16.1 Å². The van der Waals surface area contributed by atoms with Gasteiger partial charge in [-0.05, 0) is 79.3 Å². The molecule has 1 aliphatic carbocycles. The first-order valence-corrected chi connectivity index (χ1v) is 14.0. The highest BCUT2D eigenvalue weighted by molar-refractivity contribution is 7.80. The lowest BCUT2D eigenvalue weighted by Crippen LogP contribution is -2.43. The van der Waals surface area contributed by atoms with Crippen LogP contribution in [0.5, 0.6) is 5.75 Å². The van der Waals surface area contributed by atoms with Crippen LogP contribution in [0.4, 0.5) is 10.5 Å². The van der Waals surface area contributed by atoms with Crippen molar-refractivity contribution in [3.05, 3.63) is 87.7 Å². The Bertz CT molecular complexity index is 1280. The number of benzene rings is 2. The maximum absolute atomic E-state index is 12.3. The summed E-state index contributed by atoms with van der Waals surface area (Å²) in [6, 6.07) is 14.6. The molecule has 0 saturated carbocycles. The number of alkyl carbamates (subject to hydrolysis) is 1. The number of nitrogens with one attached hydrogen (secondary N) is 1. The van der Waals surface area contributed by atoms with Crippen LogP contribution in [-0.4, -0.2) is 45.6 Å². The topological polar surface area (TPSA) is 104 Å². The van der Waals surface area contributed by atoms with Crippen LogP contribution in [0.25, 0.3) is 0 Å². The Kier molecular flexibility index (Phi) is 9.85. The number of hydrogen-bond donors (Lipinski definition) is 1. The first-order chi connectivity index (χ1) is 18.4. The van der Waals surface area contributed by atoms with Crippen LogP contribution in [-0.2, 0) is 28.8 Å². The van der Waals surface area contributed by atoms with Gasteiger partial charge >= 0.3 is 6.09 Å². The average Bonchev–Trinajstić information content (AvgIpc) is 2.90. The number of carbonyl (C=O) groups excluding carboxylic acids is 1. The summed E-state index contributed by atoms with van der Waals surface area (Å²) in [4.78, 5) is 16.3. The maximum atomic E-state index is 12.3. The highest BCUT2D eigenvalue weighted by Gasteiger charge is 2.32. The number of rotatable bonds is 10. The van der Waals surface area contributed by atoms with E-state index in [-0.39, 0.29) is 31.7 Å². The molecule has 3 atom stereocenters. The van der Waals surface area contributed by atoms with Gasteiger partial charge in [0, 0.05) is 29.4 Å². The first-order valence-electron chi connectivity index (χ1n) is 12.3. The zero-order valence-electron chi connectivity index (χ0n) is 20.8. The molecule has 0 bridgehead atoms. The van der Waals surface area contributed by atoms with Gasteiger partial charge in [-0.3, -0.25) is 13.5 Å². The Morgan fingerprint density at radius 3 is 2.76 bits per heavy atom. The van der Waals surface area contributed by atoms with Crippen molar-refractivity contribution in [2.45, 2.75) is 38.1 Å². The molecule has 2 aromatic carbocycles. The molecule has 1 aromatic heterocycles. The second kappa shape index (κ2) is 13.3. The molecule has 1 aliphatic rings. The summed E-state index contributed by atoms with van der Waals surface area (Å²) in [7, 11) is 0. The van der Waals surface area contributed by atoms with Crippen molar-refractivity contribution in [2.75, 3.05) is 24.1 Å². The quantitative estimate of drug-likeness (QED) is 0.321. The fourth-order valence-corrected chi connectivity index (χ4v) is 5.50. The van der Waals surface area contributed by atoms with Crippen LogP contribution in [0.1, 0.15) is 36.0 Å². The Labute approximate surface area is 234 Å². The van der Waals surface area contributed by atoms with E-state index in [2.05, 4.69) is 10.3 Å². The van der Waals surface area contributed by atoms with Crippen molar-refractivity contribution < 1.29 is 23.0 Å². The van der Waals surface area contributed by atoms with Gasteiger partial charge in [0.25, 0.3) is 0 Å². The SMILES string of the molecule is CCOC(=O)NC1CCc2ccc(OCCN(c3cccnc3)S(=O)[O-])cc2C1Cc1ccc(Cl)c(Cl)c1. The molecule has 202 valence electrons. The van der Waals surface area contributed by atoms with Crippen LogP contribution in [0.3, 0.4) is 0 Å². The molecule has 0 spiro atoms. The van der Waals surface area contributed by atoms with E-state index in [9.17, 15) is 13.6 Å². The number of fused-ring (bicyclic) bond motifs is 1. The third-order valence-electron chi connectivity index (χ3n) is 6.42. The van der Waals surface area contributed by atoms with Crippen LogP contribution in [0, 0.1) is 0 Å². The minimum atomic E-state index is -2.47. The third kappa shape index (κ3) is 7.17. The van der Waals surface area contributed by atoms with E-state index < -0.39 is 17.4 Å². The number of carbonyl (C=O) groups is 1. The van der Waals surface area contributed by atoms with Gasteiger partial charge in [0.2, 0.25) is 0 Å². The molecule has 0 fully saturated rings. The summed E-state index contributed by atoms with van der Waals surface area (Å²) in [6.45, 7) is 2.32. The fourth-order valence-electron chi connectivity index (χ4n) is 4.67. The van der Waals surface area contributed by atoms with E-state index in [1.54, 1.807) is 31.3 Å². The third-order valence-corrected chi connectivity index (χ3v) is 7.91. The lowest BCUT2D eigenvalue weighted by Gasteiger charge is -2.34. The maximum Gasteiger partial charge on any atom is 0.407 e. The number of anilines is 1. The Morgan fingerprint density at radius 2 is 2.05 bits per heavy atom. The Hall–Kier alpha value is -2.85. The molecule has 38 heavy (non-hydrogen) atoms. The predicted octanol–water partition coefficient (Wildman–Crippen LogP) is 5.46. The number of amides is 1. The molecule has 0 aliphatic heterocycles. The van der Waals surface area contributed by atoms with Gasteiger partial charge in [-0.15, -0.1) is 0 Å². The molecule has 1 amide bonds. The van der Waals surface area contributed by atoms with E-state index in [4.69, 9.17) is 32.7 Å². The standard InChI is InChI=1S/C27H29Cl2N3O5S/c1-2-36-27(33)31-26-10-7-19-6-8-21(37-13-12-32(38(34)35)20-4-3-11-30-17-20)16-22(19)23(26)14-18-5-9-24(28)25(29)15-18/h3-6,8-9,11,15-17,23,26H,2,7,10,12-14H2,1H3,(H,31,33)(H,34,35)/p-1. The van der Waals surface area contributed by atoms with Crippen molar-refractivity contribution in [1.29, 1.82) is 0 Å². The largest absolute Gasteiger partial charge is 0.755 e. The number of aryl methyl sites for hydroxylation is 1. The molecule has 4 rings (SSSR count). The summed E-state index contributed by atoms with van der Waals surface area (Å²) in [6.07, 6.45) is 4.78. The number of ether oxygens (including phenoxy) is 2. The molecule has 0 saturated heterocycles. The molecule has 1 N–H and O–H groups in total. The monoisotopic (exact) mass is 576 g/mol. The fraction of sp³-hybridized carbons (Fsp3) is 0.333. The van der Waals surface area contributed by atoms with Gasteiger partial charge in [0.15, 0.2) is 0 Å². The van der Waals surface area contributed by atoms with Crippen molar-refractivity contribution in [2.24, 2.45) is 0 Å². The number of aromatic nitrogens is 1. The zero-order chi connectivity index (χ0) is 27.1. The number of pyridine rings is 1. The summed E-state index contributed by atoms with van der Waals surface area (Å²) < 4.78 is 35.8. The molecule has 3 unspecified atom stereocenters. The van der Waals surface area contributed by atoms with Crippen LogP contribution < -0.4 is 14.4 Å². The van der Waals surface area contributed by atoms with E-state index >= 15 is 0 Å². The molecule has 8 nitrogen and oxygen atoms in total. The summed E-state index contributed by atoms with van der Waals surface area (Å²) in [5, 5.41) is 3.98. The van der Waals surface area contributed by atoms with Crippen molar-refractivity contribution >= 4 is 46.2 Å². The summed E-state index contributed by atoms with van der Waals surface area (Å²) >= 11 is 9.93. The van der Waals surface area contributed by atoms with Gasteiger partial charge in [-0.2, -0.15) is 0 Å². The van der Waals surface area contributed by atoms with E-state index in [0.29, 0.717) is 27.9 Å². The predicted molar refractivity (Wildman–Crippen MR) is 148 cm³/mol. The zero-order valence-corrected chi connectivity index (χ0v) is 23.1. The van der Waals surface area contributed by atoms with Crippen LogP contribution in [0.15, 0.2) is 60.9 Å². The summed E-state index contributed by atoms with van der Waals surface area (Å²) in [5.41, 5.74) is 3.67. The summed E-state index contributed by atoms with van der Waals surface area (Å²) in [5.74, 6) is 0.549. The normalized spacial score (nSPS) is 17.3. The first kappa shape index (κ1) is 28.2. The second-order valence-electron chi connectivity index (χ2n) is 8.81. The lowest BCUT2D eigenvalue weighted by molar-refractivity contribution is 0.144. The Morgan fingerprint density at radius 1 is 1.21 bits per heavy atom. The van der Waals surface area contributed by atoms with Crippen LogP contribution >= 0.6 is 23.2 Å². The highest BCUT2D eigenvalue weighted by atomic mass is 35.5. The molecule has 1 heterocycles. The molecular formula is C27H28Cl2N3O5S-. The molecular weight excluding hydrogens is 549 g/mol. The number of halogens is 2. The van der Waals surface area contributed by atoms with Crippen molar-refractivity contribution in [3.63, 3.8) is 0 Å². The van der Waals surface area contributed by atoms with E-state index in [1.807, 2.05) is 30.3 Å². The van der Waals surface area contributed by atoms with Gasteiger partial charge in [-0.25, -0.2) is 4.79 Å².